The number of carbonyl (C=O) groups excluding carboxylic acids is 3. The molecule has 0 saturated carbocycles. The molecule has 0 fully saturated rings. The van der Waals surface area contributed by atoms with Gasteiger partial charge in [-0.3, -0.25) is 24.2 Å². The molecule has 9 heteroatoms. The van der Waals surface area contributed by atoms with Crippen molar-refractivity contribution >= 4 is 34.3 Å². The maximum Gasteiger partial charge on any atom is 0.310 e. The zero-order valence-electron chi connectivity index (χ0n) is 18.1. The van der Waals surface area contributed by atoms with Crippen LogP contribution in [0.25, 0.3) is 10.9 Å². The van der Waals surface area contributed by atoms with Crippen molar-refractivity contribution in [3.63, 3.8) is 0 Å². The molecule has 3 amide bonds. The number of amides is 3. The lowest BCUT2D eigenvalue weighted by Gasteiger charge is -2.07. The first-order chi connectivity index (χ1) is 16.6. The average molecular weight is 458 g/mol. The number of hydrogen-bond acceptors (Lipinski definition) is 6. The fraction of sp³-hybridized carbons (Fsp3) is 0.120. The number of aromatic nitrogens is 1. The lowest BCUT2D eigenvalue weighted by Crippen LogP contribution is -2.27. The summed E-state index contributed by atoms with van der Waals surface area (Å²) in [4.78, 5) is 46.0. The molecule has 4 aromatic rings. The molecule has 2 aromatic heterocycles. The molecule has 3 N–H and O–H groups in total. The molecule has 2 aromatic carbocycles. The normalized spacial score (nSPS) is 10.6. The van der Waals surface area contributed by atoms with Crippen molar-refractivity contribution in [1.29, 1.82) is 0 Å². The second-order valence-corrected chi connectivity index (χ2v) is 7.33. The highest BCUT2D eigenvalue weighted by Crippen LogP contribution is 2.17. The molecule has 0 atom stereocenters. The van der Waals surface area contributed by atoms with Crippen LogP contribution >= 0.6 is 0 Å². The Morgan fingerprint density at radius 1 is 0.882 bits per heavy atom. The van der Waals surface area contributed by atoms with Gasteiger partial charge in [0, 0.05) is 30.2 Å². The second kappa shape index (κ2) is 10.9. The molecular weight excluding hydrogens is 436 g/mol. The largest absolute Gasteiger partial charge is 0.446 e. The molecule has 0 spiro atoms. The average Bonchev–Trinajstić information content (AvgIpc) is 3.35. The number of nitrogens with one attached hydrogen (secondary N) is 3. The summed E-state index contributed by atoms with van der Waals surface area (Å²) in [5.74, 6) is -1.51. The number of furan rings is 1. The van der Waals surface area contributed by atoms with E-state index in [4.69, 9.17) is 9.25 Å². The molecule has 2 heterocycles. The Hall–Kier alpha value is -4.50. The monoisotopic (exact) mass is 458 g/mol. The number of nitrogens with zero attached hydrogens (tertiary/aromatic N) is 1. The highest BCUT2D eigenvalue weighted by atomic mass is 16.7. The lowest BCUT2D eigenvalue weighted by atomic mass is 10.2. The lowest BCUT2D eigenvalue weighted by molar-refractivity contribution is -0.116. The van der Waals surface area contributed by atoms with Crippen LogP contribution in [0.4, 0.5) is 5.69 Å². The SMILES string of the molecule is O=C(CCNC(=O)c1ccc(C(=O)NOCc2ccccc2)o1)Nc1ccc2ncccc2c1. The van der Waals surface area contributed by atoms with Gasteiger partial charge in [0.1, 0.15) is 0 Å². The van der Waals surface area contributed by atoms with Gasteiger partial charge in [0.25, 0.3) is 5.91 Å². The molecule has 172 valence electrons. The third kappa shape index (κ3) is 6.05. The first-order valence-electron chi connectivity index (χ1n) is 10.6. The minimum Gasteiger partial charge on any atom is -0.446 e. The van der Waals surface area contributed by atoms with Crippen LogP contribution in [-0.2, 0) is 16.2 Å². The first kappa shape index (κ1) is 22.7. The summed E-state index contributed by atoms with van der Waals surface area (Å²) in [7, 11) is 0. The van der Waals surface area contributed by atoms with E-state index in [1.54, 1.807) is 12.3 Å². The van der Waals surface area contributed by atoms with Gasteiger partial charge in [-0.25, -0.2) is 5.48 Å². The second-order valence-electron chi connectivity index (χ2n) is 7.33. The van der Waals surface area contributed by atoms with Crippen molar-refractivity contribution < 1.29 is 23.6 Å². The predicted octanol–water partition coefficient (Wildman–Crippen LogP) is 3.45. The van der Waals surface area contributed by atoms with Gasteiger partial charge in [0.2, 0.25) is 5.91 Å². The molecule has 34 heavy (non-hydrogen) atoms. The van der Waals surface area contributed by atoms with Gasteiger partial charge in [-0.2, -0.15) is 0 Å². The first-order valence-corrected chi connectivity index (χ1v) is 10.6. The van der Waals surface area contributed by atoms with E-state index >= 15 is 0 Å². The summed E-state index contributed by atoms with van der Waals surface area (Å²) in [6.07, 6.45) is 1.77. The van der Waals surface area contributed by atoms with E-state index in [2.05, 4.69) is 21.1 Å². The van der Waals surface area contributed by atoms with Crippen molar-refractivity contribution in [3.8, 4) is 0 Å². The molecular formula is C25H22N4O5. The van der Waals surface area contributed by atoms with E-state index in [1.807, 2.05) is 54.6 Å². The van der Waals surface area contributed by atoms with Gasteiger partial charge in [-0.05, 0) is 42.0 Å². The van der Waals surface area contributed by atoms with Crippen molar-refractivity contribution in [2.45, 2.75) is 13.0 Å². The smallest absolute Gasteiger partial charge is 0.310 e. The number of hydrogen-bond donors (Lipinski definition) is 3. The van der Waals surface area contributed by atoms with Gasteiger partial charge in [0.05, 0.1) is 12.1 Å². The minimum atomic E-state index is -0.611. The standard InChI is InChI=1S/C25H22N4O5/c30-23(28-19-8-9-20-18(15-19)7-4-13-26-20)12-14-27-24(31)21-10-11-22(34-21)25(32)29-33-16-17-5-2-1-3-6-17/h1-11,13,15H,12,14,16H2,(H,27,31)(H,28,30)(H,29,32). The van der Waals surface area contributed by atoms with Gasteiger partial charge < -0.3 is 15.1 Å². The van der Waals surface area contributed by atoms with E-state index in [-0.39, 0.29) is 37.0 Å². The molecule has 9 nitrogen and oxygen atoms in total. The highest BCUT2D eigenvalue weighted by Gasteiger charge is 2.16. The number of benzene rings is 2. The Bertz CT molecular complexity index is 1300. The van der Waals surface area contributed by atoms with Crippen LogP contribution in [-0.4, -0.2) is 29.3 Å². The summed E-state index contributed by atoms with van der Waals surface area (Å²) in [6, 6.07) is 21.2. The summed E-state index contributed by atoms with van der Waals surface area (Å²) >= 11 is 0. The van der Waals surface area contributed by atoms with Crippen molar-refractivity contribution in [3.05, 3.63) is 96.1 Å². The Labute approximate surface area is 195 Å². The van der Waals surface area contributed by atoms with E-state index in [0.717, 1.165) is 16.5 Å². The quantitative estimate of drug-likeness (QED) is 0.330. The van der Waals surface area contributed by atoms with Crippen molar-refractivity contribution in [2.75, 3.05) is 11.9 Å². The van der Waals surface area contributed by atoms with Gasteiger partial charge in [0.15, 0.2) is 11.5 Å². The van der Waals surface area contributed by atoms with Crippen LogP contribution in [0.3, 0.4) is 0 Å². The van der Waals surface area contributed by atoms with E-state index < -0.39 is 11.8 Å². The van der Waals surface area contributed by atoms with Crippen LogP contribution in [0, 0.1) is 0 Å². The molecule has 0 unspecified atom stereocenters. The van der Waals surface area contributed by atoms with Crippen LogP contribution in [0.5, 0.6) is 0 Å². The summed E-state index contributed by atoms with van der Waals surface area (Å²) in [6.45, 7) is 0.293. The Kier molecular flexibility index (Phi) is 7.26. The number of hydroxylamine groups is 1. The summed E-state index contributed by atoms with van der Waals surface area (Å²) in [5, 5.41) is 6.30. The fourth-order valence-electron chi connectivity index (χ4n) is 3.14. The number of carbonyl (C=O) groups is 3. The molecule has 0 aliphatic rings. The molecule has 4 rings (SSSR count). The maximum atomic E-state index is 12.3. The summed E-state index contributed by atoms with van der Waals surface area (Å²) < 4.78 is 5.29. The molecule has 0 bridgehead atoms. The van der Waals surface area contributed by atoms with Crippen LogP contribution in [0.1, 0.15) is 33.1 Å². The Balaban J connectivity index is 1.20. The van der Waals surface area contributed by atoms with E-state index in [0.29, 0.717) is 5.69 Å². The maximum absolute atomic E-state index is 12.3. The van der Waals surface area contributed by atoms with Gasteiger partial charge >= 0.3 is 5.91 Å². The Morgan fingerprint density at radius 3 is 2.50 bits per heavy atom. The fourth-order valence-corrected chi connectivity index (χ4v) is 3.14. The van der Waals surface area contributed by atoms with Crippen LogP contribution in [0.2, 0.25) is 0 Å². The van der Waals surface area contributed by atoms with Crippen LogP contribution in [0.15, 0.2) is 83.4 Å². The highest BCUT2D eigenvalue weighted by molar-refractivity contribution is 5.96. The third-order valence-corrected chi connectivity index (χ3v) is 4.82. The number of fused-ring (bicyclic) bond motifs is 1. The topological polar surface area (TPSA) is 123 Å². The molecule has 0 aliphatic heterocycles. The molecule has 0 radical (unpaired) electrons. The molecule has 0 saturated heterocycles. The third-order valence-electron chi connectivity index (χ3n) is 4.82. The minimum absolute atomic E-state index is 0.0457. The van der Waals surface area contributed by atoms with Crippen molar-refractivity contribution in [1.82, 2.24) is 15.8 Å². The van der Waals surface area contributed by atoms with E-state index in [9.17, 15) is 14.4 Å². The summed E-state index contributed by atoms with van der Waals surface area (Å²) in [5.41, 5.74) is 4.64. The Morgan fingerprint density at radius 2 is 1.68 bits per heavy atom. The van der Waals surface area contributed by atoms with E-state index in [1.165, 1.54) is 12.1 Å². The van der Waals surface area contributed by atoms with Gasteiger partial charge in [-0.15, -0.1) is 0 Å². The number of rotatable bonds is 9. The zero-order chi connectivity index (χ0) is 23.8. The predicted molar refractivity (Wildman–Crippen MR) is 125 cm³/mol. The number of anilines is 1. The van der Waals surface area contributed by atoms with Gasteiger partial charge in [-0.1, -0.05) is 36.4 Å². The molecule has 0 aliphatic carbocycles. The number of pyridine rings is 1. The van der Waals surface area contributed by atoms with Crippen LogP contribution < -0.4 is 16.1 Å². The van der Waals surface area contributed by atoms with Crippen molar-refractivity contribution in [2.24, 2.45) is 0 Å². The zero-order valence-corrected chi connectivity index (χ0v) is 18.1.